The molecule has 0 saturated carbocycles. The average molecular weight is 243 g/mol. The summed E-state index contributed by atoms with van der Waals surface area (Å²) in [6.07, 6.45) is 2.96. The fraction of sp³-hybridized carbons (Fsp3) is 0.400. The number of nitrogens with two attached hydrogens (primary N) is 1. The van der Waals surface area contributed by atoms with E-state index in [4.69, 9.17) is 5.73 Å². The van der Waals surface area contributed by atoms with Gasteiger partial charge in [0.15, 0.2) is 0 Å². The molecule has 3 nitrogen and oxygen atoms in total. The predicted octanol–water partition coefficient (Wildman–Crippen LogP) is 3.03. The number of anilines is 1. The lowest BCUT2D eigenvalue weighted by Crippen LogP contribution is -2.08. The van der Waals surface area contributed by atoms with Crippen molar-refractivity contribution in [3.63, 3.8) is 0 Å². The average Bonchev–Trinajstić information content (AvgIpc) is 2.69. The minimum atomic E-state index is 0.812. The van der Waals surface area contributed by atoms with Crippen LogP contribution in [0.25, 0.3) is 0 Å². The van der Waals surface area contributed by atoms with E-state index in [0.717, 1.165) is 43.1 Å². The number of nitrogens with zero attached hydrogens (tertiary/aromatic N) is 2. The van der Waals surface area contributed by atoms with Gasteiger partial charge in [0.25, 0.3) is 0 Å². The van der Waals surface area contributed by atoms with Gasteiger partial charge in [-0.2, -0.15) is 0 Å². The molecule has 18 heavy (non-hydrogen) atoms. The molecule has 0 bridgehead atoms. The number of rotatable bonds is 5. The van der Waals surface area contributed by atoms with Crippen molar-refractivity contribution in [3.05, 3.63) is 47.4 Å². The van der Waals surface area contributed by atoms with Crippen LogP contribution in [0, 0.1) is 0 Å². The van der Waals surface area contributed by atoms with E-state index in [0.29, 0.717) is 0 Å². The van der Waals surface area contributed by atoms with E-state index in [-0.39, 0.29) is 0 Å². The molecule has 0 aliphatic rings. The molecule has 0 aliphatic carbocycles. The van der Waals surface area contributed by atoms with Crippen LogP contribution in [-0.4, -0.2) is 9.55 Å². The molecule has 0 unspecified atom stereocenters. The first-order valence-electron chi connectivity index (χ1n) is 6.63. The number of nitrogen functional groups attached to an aromatic ring is 1. The maximum Gasteiger partial charge on any atom is 0.127 e. The first kappa shape index (κ1) is 12.7. The highest BCUT2D eigenvalue weighted by atomic mass is 15.1. The number of benzene rings is 1. The third-order valence-corrected chi connectivity index (χ3v) is 3.15. The van der Waals surface area contributed by atoms with E-state index in [9.17, 15) is 0 Å². The van der Waals surface area contributed by atoms with E-state index in [1.54, 1.807) is 0 Å². The van der Waals surface area contributed by atoms with Gasteiger partial charge in [0, 0.05) is 6.42 Å². The van der Waals surface area contributed by atoms with Crippen molar-refractivity contribution < 1.29 is 0 Å². The van der Waals surface area contributed by atoms with Gasteiger partial charge in [-0.3, -0.25) is 0 Å². The van der Waals surface area contributed by atoms with Gasteiger partial charge in [-0.1, -0.05) is 50.6 Å². The lowest BCUT2D eigenvalue weighted by molar-refractivity contribution is 0.740. The summed E-state index contributed by atoms with van der Waals surface area (Å²) < 4.78 is 2.14. The molecule has 0 amide bonds. The van der Waals surface area contributed by atoms with Gasteiger partial charge < -0.3 is 10.3 Å². The highest BCUT2D eigenvalue weighted by molar-refractivity contribution is 5.39. The molecule has 0 saturated heterocycles. The van der Waals surface area contributed by atoms with Crippen LogP contribution in [0.4, 0.5) is 5.82 Å². The van der Waals surface area contributed by atoms with Crippen LogP contribution < -0.4 is 5.73 Å². The molecule has 1 aromatic heterocycles. The Morgan fingerprint density at radius 2 is 1.89 bits per heavy atom. The predicted molar refractivity (Wildman–Crippen MR) is 75.6 cm³/mol. The zero-order valence-electron chi connectivity index (χ0n) is 11.2. The van der Waals surface area contributed by atoms with Crippen LogP contribution in [0.1, 0.15) is 37.4 Å². The molecule has 1 heterocycles. The van der Waals surface area contributed by atoms with Crippen molar-refractivity contribution >= 4 is 5.82 Å². The van der Waals surface area contributed by atoms with Gasteiger partial charge in [0.1, 0.15) is 11.6 Å². The molecular formula is C15H21N3. The number of imidazole rings is 1. The summed E-state index contributed by atoms with van der Waals surface area (Å²) in [4.78, 5) is 4.65. The number of hydrogen-bond acceptors (Lipinski definition) is 2. The standard InChI is InChI=1S/C15H21N3/c1-3-8-13-15(16)18(14(4-2)17-13)11-12-9-6-5-7-10-12/h5-7,9-10H,3-4,8,11,16H2,1-2H3. The van der Waals surface area contributed by atoms with Crippen LogP contribution in [0.3, 0.4) is 0 Å². The molecule has 0 aliphatic heterocycles. The topological polar surface area (TPSA) is 43.8 Å². The maximum atomic E-state index is 6.21. The van der Waals surface area contributed by atoms with Crippen LogP contribution in [-0.2, 0) is 19.4 Å². The van der Waals surface area contributed by atoms with Gasteiger partial charge in [-0.05, 0) is 12.0 Å². The maximum absolute atomic E-state index is 6.21. The van der Waals surface area contributed by atoms with E-state index in [1.165, 1.54) is 5.56 Å². The summed E-state index contributed by atoms with van der Waals surface area (Å²) in [5, 5.41) is 0. The smallest absolute Gasteiger partial charge is 0.127 e. The second kappa shape index (κ2) is 5.71. The molecule has 0 fully saturated rings. The monoisotopic (exact) mass is 243 g/mol. The van der Waals surface area contributed by atoms with Crippen LogP contribution in [0.15, 0.2) is 30.3 Å². The molecule has 0 radical (unpaired) electrons. The second-order valence-corrected chi connectivity index (χ2v) is 4.54. The summed E-state index contributed by atoms with van der Waals surface area (Å²) in [6.45, 7) is 5.09. The quantitative estimate of drug-likeness (QED) is 0.877. The number of aryl methyl sites for hydroxylation is 2. The fourth-order valence-electron chi connectivity index (χ4n) is 2.20. The van der Waals surface area contributed by atoms with Crippen molar-refractivity contribution in [2.45, 2.75) is 39.7 Å². The van der Waals surface area contributed by atoms with Crippen LogP contribution in [0.5, 0.6) is 0 Å². The third kappa shape index (κ3) is 2.55. The molecule has 2 aromatic rings. The van der Waals surface area contributed by atoms with E-state index >= 15 is 0 Å². The normalized spacial score (nSPS) is 10.8. The highest BCUT2D eigenvalue weighted by Crippen LogP contribution is 2.18. The van der Waals surface area contributed by atoms with Gasteiger partial charge in [0.05, 0.1) is 12.2 Å². The van der Waals surface area contributed by atoms with E-state index in [2.05, 4.69) is 47.7 Å². The zero-order chi connectivity index (χ0) is 13.0. The Labute approximate surface area is 109 Å². The number of aromatic nitrogens is 2. The minimum absolute atomic E-state index is 0.812. The summed E-state index contributed by atoms with van der Waals surface area (Å²) in [5.74, 6) is 1.91. The van der Waals surface area contributed by atoms with Gasteiger partial charge in [-0.15, -0.1) is 0 Å². The minimum Gasteiger partial charge on any atom is -0.384 e. The molecule has 0 atom stereocenters. The Balaban J connectivity index is 2.31. The summed E-state index contributed by atoms with van der Waals surface area (Å²) >= 11 is 0. The summed E-state index contributed by atoms with van der Waals surface area (Å²) in [7, 11) is 0. The Kier molecular flexibility index (Phi) is 4.03. The first-order chi connectivity index (χ1) is 8.76. The van der Waals surface area contributed by atoms with Crippen LogP contribution >= 0.6 is 0 Å². The molecule has 3 heteroatoms. The third-order valence-electron chi connectivity index (χ3n) is 3.15. The van der Waals surface area contributed by atoms with Gasteiger partial charge in [-0.25, -0.2) is 4.98 Å². The van der Waals surface area contributed by atoms with Crippen molar-refractivity contribution in [2.75, 3.05) is 5.73 Å². The SMILES string of the molecule is CCCc1nc(CC)n(Cc2ccccc2)c1N. The lowest BCUT2D eigenvalue weighted by Gasteiger charge is -2.09. The Hall–Kier alpha value is -1.77. The molecule has 1 aromatic carbocycles. The van der Waals surface area contributed by atoms with Gasteiger partial charge in [0.2, 0.25) is 0 Å². The second-order valence-electron chi connectivity index (χ2n) is 4.54. The molecule has 2 rings (SSSR count). The number of hydrogen-bond donors (Lipinski definition) is 1. The van der Waals surface area contributed by atoms with Crippen LogP contribution in [0.2, 0.25) is 0 Å². The Bertz CT molecular complexity index is 500. The van der Waals surface area contributed by atoms with Crippen molar-refractivity contribution in [1.29, 1.82) is 0 Å². The molecule has 0 spiro atoms. The molecule has 2 N–H and O–H groups in total. The van der Waals surface area contributed by atoms with Crippen molar-refractivity contribution in [3.8, 4) is 0 Å². The Morgan fingerprint density at radius 1 is 1.17 bits per heavy atom. The van der Waals surface area contributed by atoms with Crippen molar-refractivity contribution in [1.82, 2.24) is 9.55 Å². The lowest BCUT2D eigenvalue weighted by atomic mass is 10.2. The molecule has 96 valence electrons. The van der Waals surface area contributed by atoms with E-state index < -0.39 is 0 Å². The Morgan fingerprint density at radius 3 is 2.50 bits per heavy atom. The summed E-state index contributed by atoms with van der Waals surface area (Å²) in [6, 6.07) is 10.4. The molecular weight excluding hydrogens is 222 g/mol. The first-order valence-corrected chi connectivity index (χ1v) is 6.63. The van der Waals surface area contributed by atoms with E-state index in [1.807, 2.05) is 6.07 Å². The van der Waals surface area contributed by atoms with Crippen molar-refractivity contribution in [2.24, 2.45) is 0 Å². The zero-order valence-corrected chi connectivity index (χ0v) is 11.2. The largest absolute Gasteiger partial charge is 0.384 e. The van der Waals surface area contributed by atoms with Gasteiger partial charge >= 0.3 is 0 Å². The fourth-order valence-corrected chi connectivity index (χ4v) is 2.20. The summed E-state index contributed by atoms with van der Waals surface area (Å²) in [5.41, 5.74) is 8.52. The highest BCUT2D eigenvalue weighted by Gasteiger charge is 2.12.